The molecule has 0 atom stereocenters. The Balaban J connectivity index is 0.949. The molecule has 0 aliphatic carbocycles. The van der Waals surface area contributed by atoms with E-state index in [0.29, 0.717) is 0 Å². The zero-order chi connectivity index (χ0) is 41.7. The van der Waals surface area contributed by atoms with Crippen molar-refractivity contribution in [1.82, 2.24) is 20.2 Å². The third-order valence-corrected chi connectivity index (χ3v) is 11.2. The molecule has 7 rings (SSSR count). The van der Waals surface area contributed by atoms with Crippen LogP contribution in [0.2, 0.25) is 0 Å². The van der Waals surface area contributed by atoms with Crippen molar-refractivity contribution in [3.63, 3.8) is 0 Å². The van der Waals surface area contributed by atoms with Crippen LogP contribution >= 0.6 is 0 Å². The Morgan fingerprint density at radius 3 is 1.38 bits per heavy atom. The van der Waals surface area contributed by atoms with Crippen LogP contribution in [0.25, 0.3) is 45.0 Å². The van der Waals surface area contributed by atoms with E-state index in [0.717, 1.165) is 140 Å². The van der Waals surface area contributed by atoms with Crippen LogP contribution < -0.4 is 35.2 Å². The number of benzene rings is 4. The standard InChI is InChI=1S/C50H60N8O2/c1-6-57(3)43-17-9-37(10-18-43)47-33-41(35-49(54-47)39-13-21-45(59-4)22-14-39)52-25-7-29-56(2)30-8-26-53-42-34-48(55-50(36-42)40-15-23-46(60-5)24-16-40)38-11-19-44(20-12-38)58-31-27-51-28-32-58/h9-24,33-36,51H,6-8,25-32H2,1-5H3,(H,52,54)(H,53,55). The van der Waals surface area contributed by atoms with Gasteiger partial charge >= 0.3 is 0 Å². The van der Waals surface area contributed by atoms with Gasteiger partial charge in [-0.05, 0) is 137 Å². The molecule has 10 nitrogen and oxygen atoms in total. The van der Waals surface area contributed by atoms with Crippen molar-refractivity contribution < 1.29 is 9.47 Å². The third-order valence-electron chi connectivity index (χ3n) is 11.2. The smallest absolute Gasteiger partial charge is 0.118 e. The second-order valence-corrected chi connectivity index (χ2v) is 15.4. The van der Waals surface area contributed by atoms with Crippen LogP contribution in [0.4, 0.5) is 22.7 Å². The first-order valence-electron chi connectivity index (χ1n) is 21.3. The molecule has 0 saturated carbocycles. The Kier molecular flexibility index (Phi) is 14.5. The Hall–Kier alpha value is -6.10. The Morgan fingerprint density at radius 1 is 0.583 bits per heavy atom. The van der Waals surface area contributed by atoms with Crippen LogP contribution in [-0.2, 0) is 0 Å². The number of ether oxygens (including phenoxy) is 2. The van der Waals surface area contributed by atoms with E-state index in [1.165, 1.54) is 11.4 Å². The molecule has 1 saturated heterocycles. The summed E-state index contributed by atoms with van der Waals surface area (Å²) < 4.78 is 10.8. The number of hydrogen-bond donors (Lipinski definition) is 3. The lowest BCUT2D eigenvalue weighted by atomic mass is 10.1. The summed E-state index contributed by atoms with van der Waals surface area (Å²) in [5.41, 5.74) is 12.7. The monoisotopic (exact) mass is 804 g/mol. The van der Waals surface area contributed by atoms with Gasteiger partial charge in [0.2, 0.25) is 0 Å². The minimum Gasteiger partial charge on any atom is -0.497 e. The first-order chi connectivity index (χ1) is 29.4. The molecule has 0 bridgehead atoms. The fourth-order valence-electron chi connectivity index (χ4n) is 7.49. The maximum atomic E-state index is 5.42. The molecule has 10 heteroatoms. The first-order valence-corrected chi connectivity index (χ1v) is 21.3. The topological polar surface area (TPSA) is 90.0 Å². The molecule has 0 unspecified atom stereocenters. The van der Waals surface area contributed by atoms with Gasteiger partial charge in [-0.15, -0.1) is 0 Å². The predicted molar refractivity (Wildman–Crippen MR) is 251 cm³/mol. The zero-order valence-electron chi connectivity index (χ0n) is 35.9. The van der Waals surface area contributed by atoms with Gasteiger partial charge in [-0.2, -0.15) is 0 Å². The number of anilines is 4. The molecular formula is C50H60N8O2. The highest BCUT2D eigenvalue weighted by Crippen LogP contribution is 2.31. The molecule has 312 valence electrons. The summed E-state index contributed by atoms with van der Waals surface area (Å²) in [6.45, 7) is 10.9. The van der Waals surface area contributed by atoms with E-state index in [1.807, 2.05) is 24.3 Å². The fourth-order valence-corrected chi connectivity index (χ4v) is 7.49. The number of pyridine rings is 2. The fraction of sp³-hybridized carbons (Fsp3) is 0.320. The maximum absolute atomic E-state index is 5.42. The predicted octanol–water partition coefficient (Wildman–Crippen LogP) is 9.26. The minimum atomic E-state index is 0.831. The summed E-state index contributed by atoms with van der Waals surface area (Å²) in [5.74, 6) is 1.66. The minimum absolute atomic E-state index is 0.831. The summed E-state index contributed by atoms with van der Waals surface area (Å²) in [4.78, 5) is 17.3. The van der Waals surface area contributed by atoms with Crippen LogP contribution in [-0.4, -0.2) is 102 Å². The Morgan fingerprint density at radius 2 is 0.983 bits per heavy atom. The third kappa shape index (κ3) is 11.1. The van der Waals surface area contributed by atoms with Crippen molar-refractivity contribution in [2.45, 2.75) is 19.8 Å². The lowest BCUT2D eigenvalue weighted by molar-refractivity contribution is 0.331. The molecule has 1 aliphatic heterocycles. The molecule has 1 fully saturated rings. The van der Waals surface area contributed by atoms with Gasteiger partial charge in [0.05, 0.1) is 37.0 Å². The lowest BCUT2D eigenvalue weighted by Gasteiger charge is -2.29. The van der Waals surface area contributed by atoms with Gasteiger partial charge in [0, 0.05) is 97.9 Å². The highest BCUT2D eigenvalue weighted by molar-refractivity contribution is 5.75. The van der Waals surface area contributed by atoms with E-state index >= 15 is 0 Å². The van der Waals surface area contributed by atoms with Crippen LogP contribution in [0, 0.1) is 0 Å². The summed E-state index contributed by atoms with van der Waals surface area (Å²) in [7, 11) is 7.71. The van der Waals surface area contributed by atoms with Gasteiger partial charge in [-0.25, -0.2) is 9.97 Å². The van der Waals surface area contributed by atoms with Crippen molar-refractivity contribution in [2.24, 2.45) is 0 Å². The molecule has 0 radical (unpaired) electrons. The summed E-state index contributed by atoms with van der Waals surface area (Å²) >= 11 is 0. The van der Waals surface area contributed by atoms with Gasteiger partial charge in [0.25, 0.3) is 0 Å². The van der Waals surface area contributed by atoms with E-state index in [9.17, 15) is 0 Å². The number of rotatable bonds is 19. The van der Waals surface area contributed by atoms with Crippen LogP contribution in [0.1, 0.15) is 19.8 Å². The van der Waals surface area contributed by atoms with Gasteiger partial charge in [0.1, 0.15) is 11.5 Å². The Bertz CT molecular complexity index is 2240. The second kappa shape index (κ2) is 20.7. The van der Waals surface area contributed by atoms with Crippen LogP contribution in [0.5, 0.6) is 11.5 Å². The molecule has 60 heavy (non-hydrogen) atoms. The zero-order valence-corrected chi connectivity index (χ0v) is 35.9. The number of hydrogen-bond acceptors (Lipinski definition) is 10. The number of piperazine rings is 1. The quantitative estimate of drug-likeness (QED) is 0.0689. The number of nitrogens with one attached hydrogen (secondary N) is 3. The highest BCUT2D eigenvalue weighted by Gasteiger charge is 2.13. The molecule has 3 heterocycles. The molecular weight excluding hydrogens is 745 g/mol. The molecule has 4 aromatic carbocycles. The summed E-state index contributed by atoms with van der Waals surface area (Å²) in [6, 6.07) is 42.4. The summed E-state index contributed by atoms with van der Waals surface area (Å²) in [6.07, 6.45) is 2.04. The highest BCUT2D eigenvalue weighted by atomic mass is 16.5. The average Bonchev–Trinajstić information content (AvgIpc) is 3.31. The summed E-state index contributed by atoms with van der Waals surface area (Å²) in [5, 5.41) is 10.9. The van der Waals surface area contributed by atoms with Gasteiger partial charge in [-0.3, -0.25) is 0 Å². The largest absolute Gasteiger partial charge is 0.497 e. The molecule has 0 amide bonds. The van der Waals surface area contributed by atoms with E-state index in [2.05, 4.69) is 149 Å². The van der Waals surface area contributed by atoms with Crippen molar-refractivity contribution >= 4 is 22.7 Å². The second-order valence-electron chi connectivity index (χ2n) is 15.4. The van der Waals surface area contributed by atoms with E-state index < -0.39 is 0 Å². The van der Waals surface area contributed by atoms with Crippen molar-refractivity contribution in [3.8, 4) is 56.5 Å². The van der Waals surface area contributed by atoms with E-state index in [4.69, 9.17) is 19.4 Å². The van der Waals surface area contributed by atoms with Crippen LogP contribution in [0.3, 0.4) is 0 Å². The van der Waals surface area contributed by atoms with Crippen molar-refractivity contribution in [1.29, 1.82) is 0 Å². The molecule has 3 N–H and O–H groups in total. The maximum Gasteiger partial charge on any atom is 0.118 e. The number of nitrogens with zero attached hydrogens (tertiary/aromatic N) is 5. The SMILES string of the molecule is CCN(C)c1ccc(-c2cc(NCCCN(C)CCCNc3cc(-c4ccc(OC)cc4)nc(-c4ccc(N5CCNCC5)cc4)c3)cc(-c3ccc(OC)cc3)n2)cc1. The molecule has 1 aliphatic rings. The Labute approximate surface area is 356 Å². The van der Waals surface area contributed by atoms with Crippen molar-refractivity contribution in [2.75, 3.05) is 108 Å². The lowest BCUT2D eigenvalue weighted by Crippen LogP contribution is -2.43. The number of methoxy groups -OCH3 is 2. The van der Waals surface area contributed by atoms with Gasteiger partial charge < -0.3 is 40.1 Å². The van der Waals surface area contributed by atoms with E-state index in [-0.39, 0.29) is 0 Å². The molecule has 0 spiro atoms. The number of aromatic nitrogens is 2. The average molecular weight is 805 g/mol. The molecule has 6 aromatic rings. The van der Waals surface area contributed by atoms with E-state index in [1.54, 1.807) is 14.2 Å². The van der Waals surface area contributed by atoms with Crippen molar-refractivity contribution in [3.05, 3.63) is 121 Å². The van der Waals surface area contributed by atoms with Gasteiger partial charge in [-0.1, -0.05) is 24.3 Å². The van der Waals surface area contributed by atoms with Gasteiger partial charge in [0.15, 0.2) is 0 Å². The first kappa shape index (κ1) is 42.0. The normalized spacial score (nSPS) is 12.7. The molecule has 2 aromatic heterocycles. The van der Waals surface area contributed by atoms with Crippen LogP contribution in [0.15, 0.2) is 121 Å².